The molecule has 0 spiro atoms. The summed E-state index contributed by atoms with van der Waals surface area (Å²) in [6.07, 6.45) is 1.55. The van der Waals surface area contributed by atoms with E-state index >= 15 is 0 Å². The first-order valence-corrected chi connectivity index (χ1v) is 16.3. The van der Waals surface area contributed by atoms with Crippen molar-refractivity contribution in [2.45, 2.75) is 16.6 Å². The van der Waals surface area contributed by atoms with Gasteiger partial charge in [0.05, 0.1) is 25.2 Å². The molecule has 0 radical (unpaired) electrons. The number of nitrogens with zero attached hydrogens (tertiary/aromatic N) is 1. The molecule has 0 aliphatic carbocycles. The zero-order valence-corrected chi connectivity index (χ0v) is 28.6. The third-order valence-electron chi connectivity index (χ3n) is 6.91. The monoisotopic (exact) mass is 763 g/mol. The number of halogens is 2. The number of ether oxygens (including phenoxy) is 2. The molecule has 1 aliphatic rings. The normalized spacial score (nSPS) is 14.7. The van der Waals surface area contributed by atoms with Gasteiger partial charge in [-0.25, -0.2) is 4.90 Å². The highest BCUT2D eigenvalue weighted by molar-refractivity contribution is 9.10. The zero-order chi connectivity index (χ0) is 32.8. The van der Waals surface area contributed by atoms with Crippen molar-refractivity contribution >= 4 is 84.7 Å². The van der Waals surface area contributed by atoms with Crippen LogP contribution in [0, 0.1) is 0 Å². The Bertz CT molecular complexity index is 1830. The molecule has 9 nitrogen and oxygen atoms in total. The van der Waals surface area contributed by atoms with Gasteiger partial charge in [-0.2, -0.15) is 0 Å². The maximum atomic E-state index is 13.7. The third kappa shape index (κ3) is 7.52. The fourth-order valence-corrected chi connectivity index (χ4v) is 6.52. The Morgan fingerprint density at radius 2 is 1.65 bits per heavy atom. The largest absolute Gasteiger partial charge is 0.493 e. The SMILES string of the molecule is COc1ccc(Br)c(/C=C(\NC(=O)c2ccccc2)C(=O)Nc2cccc(SC3CC(=O)N(c4ccc(Br)cc4)C3=O)c2)c1OC. The molecule has 1 unspecified atom stereocenters. The van der Waals surface area contributed by atoms with Crippen LogP contribution in [0.1, 0.15) is 22.3 Å². The van der Waals surface area contributed by atoms with Gasteiger partial charge in [0.25, 0.3) is 11.8 Å². The number of benzene rings is 4. The van der Waals surface area contributed by atoms with Gasteiger partial charge in [0.15, 0.2) is 11.5 Å². The summed E-state index contributed by atoms with van der Waals surface area (Å²) in [7, 11) is 2.98. The second-order valence-electron chi connectivity index (χ2n) is 9.91. The lowest BCUT2D eigenvalue weighted by molar-refractivity contribution is -0.121. The summed E-state index contributed by atoms with van der Waals surface area (Å²) in [6, 6.07) is 25.9. The Kier molecular flexibility index (Phi) is 10.6. The molecule has 1 aliphatic heterocycles. The summed E-state index contributed by atoms with van der Waals surface area (Å²) in [5.74, 6) is -0.867. The third-order valence-corrected chi connectivity index (χ3v) is 9.31. The van der Waals surface area contributed by atoms with Crippen LogP contribution in [0.3, 0.4) is 0 Å². The molecule has 4 aromatic rings. The van der Waals surface area contributed by atoms with Crippen LogP contribution in [0.2, 0.25) is 0 Å². The van der Waals surface area contributed by atoms with E-state index in [1.165, 1.54) is 37.0 Å². The highest BCUT2D eigenvalue weighted by Gasteiger charge is 2.40. The van der Waals surface area contributed by atoms with Gasteiger partial charge in [0.2, 0.25) is 11.8 Å². The van der Waals surface area contributed by atoms with Crippen molar-refractivity contribution in [3.8, 4) is 11.5 Å². The van der Waals surface area contributed by atoms with E-state index < -0.39 is 17.1 Å². The van der Waals surface area contributed by atoms with Crippen LogP contribution >= 0.6 is 43.6 Å². The molecule has 0 bridgehead atoms. The highest BCUT2D eigenvalue weighted by Crippen LogP contribution is 2.38. The van der Waals surface area contributed by atoms with Crippen LogP contribution < -0.4 is 25.0 Å². The Morgan fingerprint density at radius 1 is 0.913 bits per heavy atom. The fraction of sp³-hybridized carbons (Fsp3) is 0.118. The number of methoxy groups -OCH3 is 2. The maximum Gasteiger partial charge on any atom is 0.272 e. The van der Waals surface area contributed by atoms with Crippen molar-refractivity contribution < 1.29 is 28.7 Å². The summed E-state index contributed by atoms with van der Waals surface area (Å²) in [5, 5.41) is 4.94. The Balaban J connectivity index is 1.39. The first-order chi connectivity index (χ1) is 22.2. The molecule has 1 atom stereocenters. The van der Waals surface area contributed by atoms with E-state index in [2.05, 4.69) is 42.5 Å². The van der Waals surface area contributed by atoms with Crippen molar-refractivity contribution in [1.82, 2.24) is 5.32 Å². The first kappa shape index (κ1) is 33.0. The number of amides is 4. The van der Waals surface area contributed by atoms with Crippen LogP contribution in [0.4, 0.5) is 11.4 Å². The molecule has 12 heteroatoms. The fourth-order valence-electron chi connectivity index (χ4n) is 4.72. The molecule has 46 heavy (non-hydrogen) atoms. The minimum atomic E-state index is -0.624. The molecule has 234 valence electrons. The summed E-state index contributed by atoms with van der Waals surface area (Å²) >= 11 is 8.11. The highest BCUT2D eigenvalue weighted by atomic mass is 79.9. The molecule has 4 amide bonds. The molecular weight excluding hydrogens is 738 g/mol. The van der Waals surface area contributed by atoms with Gasteiger partial charge in [0, 0.05) is 37.1 Å². The van der Waals surface area contributed by atoms with Gasteiger partial charge in [-0.1, -0.05) is 56.1 Å². The van der Waals surface area contributed by atoms with Crippen molar-refractivity contribution in [3.63, 3.8) is 0 Å². The maximum absolute atomic E-state index is 13.7. The van der Waals surface area contributed by atoms with Gasteiger partial charge in [-0.05, 0) is 72.8 Å². The van der Waals surface area contributed by atoms with Crippen LogP contribution in [-0.4, -0.2) is 43.1 Å². The van der Waals surface area contributed by atoms with Gasteiger partial charge in [0.1, 0.15) is 5.70 Å². The van der Waals surface area contributed by atoms with Crippen LogP contribution in [0.25, 0.3) is 6.08 Å². The van der Waals surface area contributed by atoms with Crippen molar-refractivity contribution in [3.05, 3.63) is 117 Å². The lowest BCUT2D eigenvalue weighted by atomic mass is 10.1. The number of imide groups is 1. The predicted molar refractivity (Wildman–Crippen MR) is 185 cm³/mol. The van der Waals surface area contributed by atoms with Crippen molar-refractivity contribution in [2.24, 2.45) is 0 Å². The van der Waals surface area contributed by atoms with E-state index in [0.29, 0.717) is 43.4 Å². The van der Waals surface area contributed by atoms with Crippen LogP contribution in [-0.2, 0) is 14.4 Å². The quantitative estimate of drug-likeness (QED) is 0.131. The number of hydrogen-bond donors (Lipinski definition) is 2. The molecule has 5 rings (SSSR count). The second-order valence-corrected chi connectivity index (χ2v) is 13.0. The molecule has 0 aromatic heterocycles. The standard InChI is InChI=1S/C34H27Br2N3O6S/c1-44-28-16-15-26(36)25(31(28)45-2)18-27(38-32(41)20-7-4-3-5-8-20)33(42)37-22-9-6-10-24(17-22)46-29-19-30(40)39(34(29)43)23-13-11-21(35)12-14-23/h3-18,29H,19H2,1-2H3,(H,37,42)(H,38,41)/b27-18-. The Labute approximate surface area is 286 Å². The molecule has 1 heterocycles. The summed E-state index contributed by atoms with van der Waals surface area (Å²) in [5.41, 5.74) is 1.72. The smallest absolute Gasteiger partial charge is 0.272 e. The lowest BCUT2D eigenvalue weighted by Crippen LogP contribution is -2.31. The summed E-state index contributed by atoms with van der Waals surface area (Å²) in [6.45, 7) is 0. The topological polar surface area (TPSA) is 114 Å². The minimum absolute atomic E-state index is 0.0474. The molecule has 2 N–H and O–H groups in total. The van der Waals surface area contributed by atoms with Gasteiger partial charge < -0.3 is 20.1 Å². The second kappa shape index (κ2) is 14.8. The van der Waals surface area contributed by atoms with Gasteiger partial charge in [-0.15, -0.1) is 11.8 Å². The zero-order valence-electron chi connectivity index (χ0n) is 24.6. The Morgan fingerprint density at radius 3 is 2.35 bits per heavy atom. The lowest BCUT2D eigenvalue weighted by Gasteiger charge is -2.16. The molecule has 1 saturated heterocycles. The molecule has 4 aromatic carbocycles. The number of hydrogen-bond acceptors (Lipinski definition) is 7. The number of rotatable bonds is 10. The van der Waals surface area contributed by atoms with E-state index in [9.17, 15) is 19.2 Å². The van der Waals surface area contributed by atoms with Gasteiger partial charge >= 0.3 is 0 Å². The van der Waals surface area contributed by atoms with Crippen LogP contribution in [0.15, 0.2) is 111 Å². The summed E-state index contributed by atoms with van der Waals surface area (Å²) in [4.78, 5) is 54.7. The van der Waals surface area contributed by atoms with E-state index in [4.69, 9.17) is 9.47 Å². The Hall–Kier alpha value is -4.39. The average molecular weight is 765 g/mol. The molecule has 1 fully saturated rings. The molecular formula is C34H27Br2N3O6S. The van der Waals surface area contributed by atoms with E-state index in [0.717, 1.165) is 4.47 Å². The summed E-state index contributed by atoms with van der Waals surface area (Å²) < 4.78 is 12.4. The van der Waals surface area contributed by atoms with E-state index in [1.54, 1.807) is 91.0 Å². The number of nitrogens with one attached hydrogen (secondary N) is 2. The van der Waals surface area contributed by atoms with Crippen molar-refractivity contribution in [2.75, 3.05) is 24.4 Å². The van der Waals surface area contributed by atoms with Crippen LogP contribution in [0.5, 0.6) is 11.5 Å². The number of thioether (sulfide) groups is 1. The average Bonchev–Trinajstić information content (AvgIpc) is 3.33. The number of carbonyl (C=O) groups is 4. The number of carbonyl (C=O) groups excluding carboxylic acids is 4. The van der Waals surface area contributed by atoms with E-state index in [1.807, 2.05) is 0 Å². The van der Waals surface area contributed by atoms with Gasteiger partial charge in [-0.3, -0.25) is 19.2 Å². The molecule has 0 saturated carbocycles. The predicted octanol–water partition coefficient (Wildman–Crippen LogP) is 7.06. The first-order valence-electron chi connectivity index (χ1n) is 13.9. The van der Waals surface area contributed by atoms with E-state index in [-0.39, 0.29) is 23.9 Å². The number of anilines is 2. The minimum Gasteiger partial charge on any atom is -0.493 e. The van der Waals surface area contributed by atoms with Crippen molar-refractivity contribution in [1.29, 1.82) is 0 Å².